The molecule has 2 aromatic carbocycles. The van der Waals surface area contributed by atoms with E-state index < -0.39 is 0 Å². The Kier molecular flexibility index (Phi) is 3.78. The van der Waals surface area contributed by atoms with Crippen molar-refractivity contribution in [2.24, 2.45) is 0 Å². The van der Waals surface area contributed by atoms with Crippen LogP contribution in [0.2, 0.25) is 0 Å². The summed E-state index contributed by atoms with van der Waals surface area (Å²) in [6.07, 6.45) is 0. The molecule has 0 aromatic heterocycles. The molecule has 2 nitrogen and oxygen atoms in total. The number of rotatable bonds is 1. The molecule has 0 unspecified atom stereocenters. The van der Waals surface area contributed by atoms with Crippen LogP contribution in [-0.4, -0.2) is 13.0 Å². The van der Waals surface area contributed by atoms with Gasteiger partial charge in [-0.05, 0) is 24.3 Å². The second kappa shape index (κ2) is 5.70. The highest BCUT2D eigenvalue weighted by atomic mass is 16.5. The molecular formula is C16H13NO. The summed E-state index contributed by atoms with van der Waals surface area (Å²) in [7, 11) is 1.49. The van der Waals surface area contributed by atoms with Crippen molar-refractivity contribution < 1.29 is 4.74 Å². The van der Waals surface area contributed by atoms with Gasteiger partial charge in [0.1, 0.15) is 0 Å². The van der Waals surface area contributed by atoms with E-state index in [4.69, 9.17) is 10.1 Å². The zero-order chi connectivity index (χ0) is 12.8. The molecule has 0 aliphatic carbocycles. The van der Waals surface area contributed by atoms with Gasteiger partial charge < -0.3 is 4.74 Å². The van der Waals surface area contributed by atoms with E-state index in [1.54, 1.807) is 0 Å². The molecule has 0 heterocycles. The van der Waals surface area contributed by atoms with E-state index in [9.17, 15) is 0 Å². The van der Waals surface area contributed by atoms with E-state index in [0.29, 0.717) is 5.56 Å². The lowest BCUT2D eigenvalue weighted by atomic mass is 10.1. The zero-order valence-electron chi connectivity index (χ0n) is 10.1. The average molecular weight is 235 g/mol. The van der Waals surface area contributed by atoms with Crippen LogP contribution in [-0.2, 0) is 4.74 Å². The second-order valence-electron chi connectivity index (χ2n) is 3.69. The third-order valence-corrected chi connectivity index (χ3v) is 2.49. The van der Waals surface area contributed by atoms with Crippen LogP contribution in [0, 0.1) is 17.3 Å². The summed E-state index contributed by atoms with van der Waals surface area (Å²) >= 11 is 0. The highest BCUT2D eigenvalue weighted by Gasteiger charge is 2.04. The summed E-state index contributed by atoms with van der Waals surface area (Å²) < 4.78 is 4.94. The molecule has 0 saturated heterocycles. The SMILES string of the molecule is COC(=N)c1ccccc1C#Cc1ccccc1. The van der Waals surface area contributed by atoms with Gasteiger partial charge in [-0.1, -0.05) is 42.2 Å². The van der Waals surface area contributed by atoms with Gasteiger partial charge in [0, 0.05) is 11.1 Å². The summed E-state index contributed by atoms with van der Waals surface area (Å²) in [5.74, 6) is 6.28. The normalized spacial score (nSPS) is 9.17. The van der Waals surface area contributed by atoms with Gasteiger partial charge in [0.15, 0.2) is 0 Å². The molecule has 0 atom stereocenters. The van der Waals surface area contributed by atoms with Crippen molar-refractivity contribution in [2.75, 3.05) is 7.11 Å². The minimum absolute atomic E-state index is 0.132. The van der Waals surface area contributed by atoms with Gasteiger partial charge in [0.2, 0.25) is 5.90 Å². The van der Waals surface area contributed by atoms with Crippen molar-refractivity contribution in [1.82, 2.24) is 0 Å². The van der Waals surface area contributed by atoms with Gasteiger partial charge in [-0.3, -0.25) is 5.41 Å². The van der Waals surface area contributed by atoms with Crippen molar-refractivity contribution in [2.45, 2.75) is 0 Å². The minimum Gasteiger partial charge on any atom is -0.481 e. The molecule has 1 N–H and O–H groups in total. The Labute approximate surface area is 107 Å². The molecular weight excluding hydrogens is 222 g/mol. The maximum absolute atomic E-state index is 7.71. The van der Waals surface area contributed by atoms with Crippen LogP contribution in [0.3, 0.4) is 0 Å². The van der Waals surface area contributed by atoms with E-state index in [0.717, 1.165) is 11.1 Å². The highest BCUT2D eigenvalue weighted by Crippen LogP contribution is 2.09. The molecule has 0 spiro atoms. The Morgan fingerprint density at radius 3 is 2.33 bits per heavy atom. The third kappa shape index (κ3) is 2.78. The molecule has 18 heavy (non-hydrogen) atoms. The van der Waals surface area contributed by atoms with Crippen molar-refractivity contribution in [1.29, 1.82) is 5.41 Å². The fourth-order valence-corrected chi connectivity index (χ4v) is 1.56. The van der Waals surface area contributed by atoms with Gasteiger partial charge in [0.25, 0.3) is 0 Å². The molecule has 0 aliphatic rings. The van der Waals surface area contributed by atoms with Crippen molar-refractivity contribution in [3.8, 4) is 11.8 Å². The molecule has 0 aliphatic heterocycles. The van der Waals surface area contributed by atoms with E-state index in [-0.39, 0.29) is 5.90 Å². The topological polar surface area (TPSA) is 33.1 Å². The summed E-state index contributed by atoms with van der Waals surface area (Å²) in [6.45, 7) is 0. The predicted molar refractivity (Wildman–Crippen MR) is 72.7 cm³/mol. The third-order valence-electron chi connectivity index (χ3n) is 2.49. The Morgan fingerprint density at radius 2 is 1.61 bits per heavy atom. The molecule has 0 saturated carbocycles. The van der Waals surface area contributed by atoms with Gasteiger partial charge in [-0.25, -0.2) is 0 Å². The van der Waals surface area contributed by atoms with Gasteiger partial charge in [-0.15, -0.1) is 0 Å². The minimum atomic E-state index is 0.132. The number of hydrogen-bond acceptors (Lipinski definition) is 2. The van der Waals surface area contributed by atoms with Gasteiger partial charge in [-0.2, -0.15) is 0 Å². The number of nitrogens with one attached hydrogen (secondary N) is 1. The Balaban J connectivity index is 2.36. The lowest BCUT2D eigenvalue weighted by molar-refractivity contribution is 0.401. The zero-order valence-corrected chi connectivity index (χ0v) is 10.1. The van der Waals surface area contributed by atoms with E-state index in [1.807, 2.05) is 54.6 Å². The fraction of sp³-hybridized carbons (Fsp3) is 0.0625. The summed E-state index contributed by atoms with van der Waals surface area (Å²) in [5.41, 5.74) is 2.47. The molecule has 0 bridgehead atoms. The standard InChI is InChI=1S/C16H13NO/c1-18-16(17)15-10-6-5-9-14(15)12-11-13-7-3-2-4-8-13/h2-10,17H,1H3. The predicted octanol–water partition coefficient (Wildman–Crippen LogP) is 3.06. The second-order valence-corrected chi connectivity index (χ2v) is 3.69. The van der Waals surface area contributed by atoms with Gasteiger partial charge >= 0.3 is 0 Å². The molecule has 2 aromatic rings. The largest absolute Gasteiger partial charge is 0.481 e. The number of methoxy groups -OCH3 is 1. The maximum Gasteiger partial charge on any atom is 0.214 e. The number of ether oxygens (including phenoxy) is 1. The lowest BCUT2D eigenvalue weighted by Gasteiger charge is -2.04. The number of benzene rings is 2. The first-order valence-electron chi connectivity index (χ1n) is 5.60. The fourth-order valence-electron chi connectivity index (χ4n) is 1.56. The summed E-state index contributed by atoms with van der Waals surface area (Å²) in [4.78, 5) is 0. The first-order valence-corrected chi connectivity index (χ1v) is 5.60. The monoisotopic (exact) mass is 235 g/mol. The summed E-state index contributed by atoms with van der Waals surface area (Å²) in [5, 5.41) is 7.71. The number of hydrogen-bond donors (Lipinski definition) is 1. The molecule has 0 amide bonds. The summed E-state index contributed by atoms with van der Waals surface area (Å²) in [6, 6.07) is 17.3. The van der Waals surface area contributed by atoms with Crippen molar-refractivity contribution in [3.63, 3.8) is 0 Å². The molecule has 0 radical (unpaired) electrons. The first-order chi connectivity index (χ1) is 8.81. The van der Waals surface area contributed by atoms with Gasteiger partial charge in [0.05, 0.1) is 12.7 Å². The quantitative estimate of drug-likeness (QED) is 0.460. The Morgan fingerprint density at radius 1 is 0.944 bits per heavy atom. The van der Waals surface area contributed by atoms with Crippen LogP contribution in [0.25, 0.3) is 0 Å². The maximum atomic E-state index is 7.71. The van der Waals surface area contributed by atoms with Crippen LogP contribution in [0.5, 0.6) is 0 Å². The van der Waals surface area contributed by atoms with Crippen LogP contribution in [0.15, 0.2) is 54.6 Å². The molecule has 88 valence electrons. The molecule has 0 fully saturated rings. The van der Waals surface area contributed by atoms with E-state index >= 15 is 0 Å². The van der Waals surface area contributed by atoms with Crippen LogP contribution in [0.1, 0.15) is 16.7 Å². The highest BCUT2D eigenvalue weighted by molar-refractivity contribution is 5.94. The first kappa shape index (κ1) is 11.9. The molecule has 2 rings (SSSR count). The van der Waals surface area contributed by atoms with E-state index in [2.05, 4.69) is 11.8 Å². The smallest absolute Gasteiger partial charge is 0.214 e. The van der Waals surface area contributed by atoms with Crippen LogP contribution in [0.4, 0.5) is 0 Å². The van der Waals surface area contributed by atoms with Crippen molar-refractivity contribution in [3.05, 3.63) is 71.3 Å². The van der Waals surface area contributed by atoms with Crippen molar-refractivity contribution >= 4 is 5.90 Å². The van der Waals surface area contributed by atoms with Crippen LogP contribution >= 0.6 is 0 Å². The lowest BCUT2D eigenvalue weighted by Crippen LogP contribution is -2.03. The van der Waals surface area contributed by atoms with E-state index in [1.165, 1.54) is 7.11 Å². The Bertz CT molecular complexity index is 606. The Hall–Kier alpha value is -2.53. The average Bonchev–Trinajstić information content (AvgIpc) is 2.45. The molecule has 2 heteroatoms. The van der Waals surface area contributed by atoms with Crippen LogP contribution < -0.4 is 0 Å².